The van der Waals surface area contributed by atoms with Crippen LogP contribution in [0.15, 0.2) is 90.5 Å². The number of fused-ring (bicyclic) bond motifs is 4. The molecule has 2 aliphatic heterocycles. The minimum absolute atomic E-state index is 0.0389. The number of allylic oxidation sites excluding steroid dienone is 2. The number of hydroxylamine groups is 2. The first-order valence-corrected chi connectivity index (χ1v) is 14.1. The van der Waals surface area contributed by atoms with Crippen molar-refractivity contribution in [2.45, 2.75) is 31.1 Å². The molecule has 3 aromatic carbocycles. The van der Waals surface area contributed by atoms with Gasteiger partial charge in [0.15, 0.2) is 0 Å². The minimum atomic E-state index is -1.45. The number of phenols is 1. The van der Waals surface area contributed by atoms with E-state index in [-0.39, 0.29) is 23.7 Å². The Labute approximate surface area is 242 Å². The molecule has 4 amide bonds. The number of phenolic OH excluding ortho intramolecular Hbond substituents is 1. The van der Waals surface area contributed by atoms with Crippen molar-refractivity contribution in [2.24, 2.45) is 23.7 Å². The summed E-state index contributed by atoms with van der Waals surface area (Å²) in [6.45, 7) is 1.94. The Morgan fingerprint density at radius 3 is 2.24 bits per heavy atom. The number of nitrogens with zero attached hydrogens (tertiary/aromatic N) is 2. The number of hydrogen-bond acceptors (Lipinski definition) is 7. The van der Waals surface area contributed by atoms with Crippen LogP contribution in [0.5, 0.6) is 5.75 Å². The van der Waals surface area contributed by atoms with Crippen LogP contribution in [0.25, 0.3) is 0 Å². The van der Waals surface area contributed by atoms with E-state index >= 15 is 0 Å². The Morgan fingerprint density at radius 1 is 0.833 bits per heavy atom. The summed E-state index contributed by atoms with van der Waals surface area (Å²) in [4.78, 5) is 55.3. The molecule has 2 saturated heterocycles. The molecule has 0 aromatic heterocycles. The van der Waals surface area contributed by atoms with Gasteiger partial charge < -0.3 is 5.11 Å². The maximum Gasteiger partial charge on any atom is 0.260 e. The van der Waals surface area contributed by atoms with E-state index < -0.39 is 58.6 Å². The van der Waals surface area contributed by atoms with E-state index in [1.807, 2.05) is 55.5 Å². The first-order valence-electron chi connectivity index (χ1n) is 14.1. The molecular weight excluding hydrogens is 534 g/mol. The highest BCUT2D eigenvalue weighted by Crippen LogP contribution is 2.64. The highest BCUT2D eigenvalue weighted by molar-refractivity contribution is 6.13. The highest BCUT2D eigenvalue weighted by Gasteiger charge is 2.70. The van der Waals surface area contributed by atoms with Crippen molar-refractivity contribution in [2.75, 3.05) is 5.43 Å². The van der Waals surface area contributed by atoms with Gasteiger partial charge >= 0.3 is 0 Å². The van der Waals surface area contributed by atoms with E-state index in [0.717, 1.165) is 10.6 Å². The Morgan fingerprint density at radius 2 is 1.52 bits per heavy atom. The van der Waals surface area contributed by atoms with Gasteiger partial charge in [-0.2, -0.15) is 10.1 Å². The average Bonchev–Trinajstić information content (AvgIpc) is 3.35. The number of hydrazine groups is 1. The number of rotatable bonds is 4. The quantitative estimate of drug-likeness (QED) is 0.248. The molecule has 1 saturated carbocycles. The van der Waals surface area contributed by atoms with Gasteiger partial charge in [-0.05, 0) is 49.4 Å². The van der Waals surface area contributed by atoms with Crippen molar-refractivity contribution >= 4 is 29.3 Å². The zero-order valence-electron chi connectivity index (χ0n) is 22.8. The lowest BCUT2D eigenvalue weighted by Gasteiger charge is -2.50. The summed E-state index contributed by atoms with van der Waals surface area (Å²) >= 11 is 0. The standard InChI is InChI=1S/C33H29N3O6/c1-18-11-13-20(14-12-18)34-35-30(39)25-17-24-21(15-16-23-27(24)31(40)36(42)29(23)38)28(22-9-5-6-10-26(22)37)33(25,32(35)41)19-7-3-2-4-8-19/h2-15,23-25,27-28,34,37,42H,16-17H2,1H3. The third-order valence-corrected chi connectivity index (χ3v) is 9.62. The number of hydrogen-bond donors (Lipinski definition) is 3. The third-order valence-electron chi connectivity index (χ3n) is 9.62. The Kier molecular flexibility index (Phi) is 5.85. The number of aromatic hydroxyl groups is 1. The molecule has 3 aromatic rings. The topological polar surface area (TPSA) is 127 Å². The second-order valence-corrected chi connectivity index (χ2v) is 11.6. The molecule has 6 unspecified atom stereocenters. The maximum absolute atomic E-state index is 14.9. The zero-order valence-corrected chi connectivity index (χ0v) is 22.8. The molecule has 42 heavy (non-hydrogen) atoms. The number of imide groups is 2. The first kappa shape index (κ1) is 26.2. The van der Waals surface area contributed by atoms with E-state index in [0.29, 0.717) is 22.4 Å². The van der Waals surface area contributed by atoms with Crippen LogP contribution < -0.4 is 5.43 Å². The lowest BCUT2D eigenvalue weighted by Crippen LogP contribution is -2.53. The second-order valence-electron chi connectivity index (χ2n) is 11.6. The fourth-order valence-electron chi connectivity index (χ4n) is 7.81. The molecule has 9 heteroatoms. The summed E-state index contributed by atoms with van der Waals surface area (Å²) in [5.41, 5.74) is 4.96. The molecule has 4 aliphatic rings. The number of anilines is 1. The number of carbonyl (C=O) groups is 4. The monoisotopic (exact) mass is 563 g/mol. The van der Waals surface area contributed by atoms with Crippen molar-refractivity contribution < 1.29 is 29.5 Å². The maximum atomic E-state index is 14.9. The molecule has 3 N–H and O–H groups in total. The normalized spacial score (nSPS) is 30.1. The molecule has 9 nitrogen and oxygen atoms in total. The smallest absolute Gasteiger partial charge is 0.260 e. The first-order chi connectivity index (χ1) is 20.2. The van der Waals surface area contributed by atoms with Gasteiger partial charge in [-0.15, -0.1) is 0 Å². The summed E-state index contributed by atoms with van der Waals surface area (Å²) in [5, 5.41) is 22.8. The minimum Gasteiger partial charge on any atom is -0.508 e. The van der Waals surface area contributed by atoms with E-state index in [1.54, 1.807) is 36.4 Å². The number of nitrogens with one attached hydrogen (secondary N) is 1. The molecule has 3 fully saturated rings. The Hall–Kier alpha value is -4.76. The van der Waals surface area contributed by atoms with Crippen molar-refractivity contribution in [3.05, 3.63) is 107 Å². The van der Waals surface area contributed by atoms with Crippen LogP contribution in [-0.2, 0) is 24.6 Å². The van der Waals surface area contributed by atoms with Gasteiger partial charge in [0, 0.05) is 11.5 Å². The Balaban J connectivity index is 1.47. The van der Waals surface area contributed by atoms with Crippen LogP contribution in [0.3, 0.4) is 0 Å². The van der Waals surface area contributed by atoms with Gasteiger partial charge in [-0.25, -0.2) is 0 Å². The molecule has 0 spiro atoms. The van der Waals surface area contributed by atoms with Crippen LogP contribution in [0.2, 0.25) is 0 Å². The van der Waals surface area contributed by atoms with Gasteiger partial charge in [0.25, 0.3) is 23.6 Å². The zero-order chi connectivity index (χ0) is 29.3. The molecule has 2 aliphatic carbocycles. The lowest BCUT2D eigenvalue weighted by atomic mass is 9.49. The number of aryl methyl sites for hydroxylation is 1. The predicted molar refractivity (Wildman–Crippen MR) is 151 cm³/mol. The molecule has 212 valence electrons. The summed E-state index contributed by atoms with van der Waals surface area (Å²) in [7, 11) is 0. The predicted octanol–water partition coefficient (Wildman–Crippen LogP) is 4.07. The van der Waals surface area contributed by atoms with Gasteiger partial charge in [0.05, 0.1) is 28.9 Å². The van der Waals surface area contributed by atoms with Crippen LogP contribution in [0, 0.1) is 30.6 Å². The summed E-state index contributed by atoms with van der Waals surface area (Å²) in [6.07, 6.45) is 2.20. The number of amides is 4. The number of benzene rings is 3. The summed E-state index contributed by atoms with van der Waals surface area (Å²) in [6, 6.07) is 23.2. The largest absolute Gasteiger partial charge is 0.508 e. The summed E-state index contributed by atoms with van der Waals surface area (Å²) in [5.74, 6) is -6.27. The second kappa shape index (κ2) is 9.39. The third kappa shape index (κ3) is 3.46. The van der Waals surface area contributed by atoms with Crippen molar-refractivity contribution in [1.82, 2.24) is 10.1 Å². The van der Waals surface area contributed by atoms with E-state index in [1.165, 1.54) is 0 Å². The summed E-state index contributed by atoms with van der Waals surface area (Å²) < 4.78 is 0. The lowest BCUT2D eigenvalue weighted by molar-refractivity contribution is -0.173. The van der Waals surface area contributed by atoms with E-state index in [4.69, 9.17) is 0 Å². The SMILES string of the molecule is Cc1ccc(NN2C(=O)C3CC4C(=CCC5C(=O)N(O)C(=O)C54)C(c4ccccc4O)C3(c3ccccc3)C2=O)cc1. The van der Waals surface area contributed by atoms with Gasteiger partial charge in [-0.1, -0.05) is 77.9 Å². The Bertz CT molecular complexity index is 1670. The van der Waals surface area contributed by atoms with Gasteiger partial charge in [-0.3, -0.25) is 29.8 Å². The molecule has 7 rings (SSSR count). The van der Waals surface area contributed by atoms with E-state index in [2.05, 4.69) is 5.43 Å². The van der Waals surface area contributed by atoms with Crippen molar-refractivity contribution in [3.63, 3.8) is 0 Å². The van der Waals surface area contributed by atoms with Gasteiger partial charge in [0.1, 0.15) is 5.75 Å². The van der Waals surface area contributed by atoms with Crippen LogP contribution in [-0.4, -0.2) is 44.0 Å². The molecule has 0 bridgehead atoms. The molecule has 6 atom stereocenters. The fourth-order valence-corrected chi connectivity index (χ4v) is 7.81. The van der Waals surface area contributed by atoms with Gasteiger partial charge in [0.2, 0.25) is 0 Å². The fraction of sp³-hybridized carbons (Fsp3) is 0.273. The van der Waals surface area contributed by atoms with E-state index in [9.17, 15) is 29.5 Å². The van der Waals surface area contributed by atoms with Crippen LogP contribution in [0.1, 0.15) is 35.4 Å². The molecule has 2 heterocycles. The number of para-hydroxylation sites is 1. The number of carbonyl (C=O) groups excluding carboxylic acids is 4. The van der Waals surface area contributed by atoms with Crippen LogP contribution in [0.4, 0.5) is 5.69 Å². The van der Waals surface area contributed by atoms with Crippen molar-refractivity contribution in [3.8, 4) is 5.75 Å². The highest BCUT2D eigenvalue weighted by atomic mass is 16.5. The molecule has 0 radical (unpaired) electrons. The van der Waals surface area contributed by atoms with Crippen molar-refractivity contribution in [1.29, 1.82) is 0 Å². The molecular formula is C33H29N3O6. The van der Waals surface area contributed by atoms with Crippen LogP contribution >= 0.6 is 0 Å². The average molecular weight is 564 g/mol.